The molecule has 0 unspecified atom stereocenters. The Labute approximate surface area is 172 Å². The molecule has 8 nitrogen and oxygen atoms in total. The number of piperidine rings is 1. The Morgan fingerprint density at radius 3 is 2.47 bits per heavy atom. The van der Waals surface area contributed by atoms with Gasteiger partial charge < -0.3 is 15.1 Å². The number of nitrogens with one attached hydrogen (secondary N) is 2. The Kier molecular flexibility index (Phi) is 6.83. The van der Waals surface area contributed by atoms with Crippen LogP contribution in [0.1, 0.15) is 23.4 Å². The van der Waals surface area contributed by atoms with Gasteiger partial charge in [-0.2, -0.15) is 4.31 Å². The lowest BCUT2D eigenvalue weighted by atomic mass is 9.97. The average Bonchev–Trinajstić information content (AvgIpc) is 3.27. The van der Waals surface area contributed by atoms with Crippen LogP contribution in [0.3, 0.4) is 0 Å². The smallest absolute Gasteiger partial charge is 0.287 e. The second-order valence-corrected chi connectivity index (χ2v) is 8.68. The molecule has 1 aromatic carbocycles. The zero-order chi connectivity index (χ0) is 21.7. The van der Waals surface area contributed by atoms with E-state index in [0.717, 1.165) is 16.4 Å². The second kappa shape index (κ2) is 9.35. The lowest BCUT2D eigenvalue weighted by Gasteiger charge is -2.30. The van der Waals surface area contributed by atoms with E-state index in [9.17, 15) is 26.8 Å². The third-order valence-corrected chi connectivity index (χ3v) is 6.70. The Morgan fingerprint density at radius 1 is 1.10 bits per heavy atom. The van der Waals surface area contributed by atoms with E-state index < -0.39 is 38.4 Å². The molecule has 2 aromatic rings. The van der Waals surface area contributed by atoms with Gasteiger partial charge in [-0.1, -0.05) is 0 Å². The van der Waals surface area contributed by atoms with Crippen LogP contribution in [0.15, 0.2) is 45.9 Å². The molecule has 1 fully saturated rings. The third kappa shape index (κ3) is 5.03. The van der Waals surface area contributed by atoms with Gasteiger partial charge in [-0.05, 0) is 43.2 Å². The number of rotatable bonds is 7. The van der Waals surface area contributed by atoms with Crippen LogP contribution in [-0.2, 0) is 14.8 Å². The molecule has 2 heterocycles. The molecule has 11 heteroatoms. The van der Waals surface area contributed by atoms with E-state index >= 15 is 0 Å². The van der Waals surface area contributed by atoms with Crippen molar-refractivity contribution in [3.05, 3.63) is 54.0 Å². The van der Waals surface area contributed by atoms with Crippen molar-refractivity contribution in [1.29, 1.82) is 0 Å². The van der Waals surface area contributed by atoms with Crippen molar-refractivity contribution in [3.63, 3.8) is 0 Å². The topological polar surface area (TPSA) is 109 Å². The quantitative estimate of drug-likeness (QED) is 0.633. The predicted molar refractivity (Wildman–Crippen MR) is 102 cm³/mol. The maximum Gasteiger partial charge on any atom is 0.287 e. The molecule has 2 N–H and O–H groups in total. The van der Waals surface area contributed by atoms with Gasteiger partial charge >= 0.3 is 0 Å². The Hall–Kier alpha value is -2.79. The second-order valence-electron chi connectivity index (χ2n) is 6.78. The van der Waals surface area contributed by atoms with Crippen LogP contribution in [0, 0.1) is 17.6 Å². The maximum atomic E-state index is 13.9. The highest BCUT2D eigenvalue weighted by atomic mass is 32.2. The van der Waals surface area contributed by atoms with Crippen molar-refractivity contribution in [2.24, 2.45) is 5.92 Å². The van der Waals surface area contributed by atoms with E-state index in [0.29, 0.717) is 6.07 Å². The fraction of sp³-hybridized carbons (Fsp3) is 0.368. The number of amides is 2. The van der Waals surface area contributed by atoms with Gasteiger partial charge in [0.25, 0.3) is 5.91 Å². The summed E-state index contributed by atoms with van der Waals surface area (Å²) in [6.45, 7) is 0.451. The number of benzene rings is 1. The minimum atomic E-state index is -4.19. The molecule has 1 aliphatic rings. The molecule has 0 spiro atoms. The molecular weight excluding hydrogens is 420 g/mol. The molecule has 30 heavy (non-hydrogen) atoms. The normalized spacial score (nSPS) is 15.7. The van der Waals surface area contributed by atoms with Crippen LogP contribution in [-0.4, -0.2) is 50.7 Å². The van der Waals surface area contributed by atoms with Crippen LogP contribution in [0.25, 0.3) is 0 Å². The molecule has 1 saturated heterocycles. The summed E-state index contributed by atoms with van der Waals surface area (Å²) < 4.78 is 58.4. The summed E-state index contributed by atoms with van der Waals surface area (Å²) in [6.07, 6.45) is 1.88. The molecule has 3 rings (SSSR count). The van der Waals surface area contributed by atoms with Crippen molar-refractivity contribution in [2.45, 2.75) is 17.7 Å². The largest absolute Gasteiger partial charge is 0.459 e. The van der Waals surface area contributed by atoms with Crippen LogP contribution >= 0.6 is 0 Å². The number of carbonyl (C=O) groups is 2. The van der Waals surface area contributed by atoms with Gasteiger partial charge in [0.05, 0.1) is 6.26 Å². The highest BCUT2D eigenvalue weighted by Gasteiger charge is 2.33. The van der Waals surface area contributed by atoms with Crippen LogP contribution < -0.4 is 10.6 Å². The fourth-order valence-corrected chi connectivity index (χ4v) is 4.72. The highest BCUT2D eigenvalue weighted by molar-refractivity contribution is 7.89. The third-order valence-electron chi connectivity index (χ3n) is 4.79. The molecule has 0 bridgehead atoms. The standard InChI is InChI=1S/C19H21F2N3O5S/c20-14-3-4-15(21)17(12-14)30(27,28)24-9-5-13(6-10-24)18(25)22-7-8-23-19(26)16-2-1-11-29-16/h1-4,11-13H,5-10H2,(H,22,25)(H,23,26). The maximum absolute atomic E-state index is 13.9. The first kappa shape index (κ1) is 21.9. The average molecular weight is 441 g/mol. The Bertz CT molecular complexity index is 1000. The lowest BCUT2D eigenvalue weighted by molar-refractivity contribution is -0.126. The first-order valence-corrected chi connectivity index (χ1v) is 10.8. The zero-order valence-corrected chi connectivity index (χ0v) is 16.8. The first-order chi connectivity index (χ1) is 14.3. The molecule has 0 aliphatic carbocycles. The molecule has 2 amide bonds. The molecule has 0 saturated carbocycles. The fourth-order valence-electron chi connectivity index (χ4n) is 3.17. The summed E-state index contributed by atoms with van der Waals surface area (Å²) in [7, 11) is -4.19. The lowest BCUT2D eigenvalue weighted by Crippen LogP contribution is -2.44. The van der Waals surface area contributed by atoms with Gasteiger partial charge in [-0.15, -0.1) is 0 Å². The highest BCUT2D eigenvalue weighted by Crippen LogP contribution is 2.26. The number of nitrogens with zero attached hydrogens (tertiary/aromatic N) is 1. The zero-order valence-electron chi connectivity index (χ0n) is 15.9. The van der Waals surface area contributed by atoms with Crippen molar-refractivity contribution in [2.75, 3.05) is 26.2 Å². The molecule has 0 radical (unpaired) electrons. The summed E-state index contributed by atoms with van der Waals surface area (Å²) in [5.74, 6) is -2.75. The first-order valence-electron chi connectivity index (χ1n) is 9.33. The van der Waals surface area contributed by atoms with Crippen LogP contribution in [0.2, 0.25) is 0 Å². The molecule has 1 aromatic heterocycles. The summed E-state index contributed by atoms with van der Waals surface area (Å²) in [5, 5.41) is 5.29. The number of hydrogen-bond donors (Lipinski definition) is 2. The van der Waals surface area contributed by atoms with Crippen molar-refractivity contribution in [1.82, 2.24) is 14.9 Å². The number of sulfonamides is 1. The SMILES string of the molecule is O=C(NCCNC(=O)C1CCN(S(=O)(=O)c2cc(F)ccc2F)CC1)c1ccco1. The van der Waals surface area contributed by atoms with Gasteiger partial charge in [0.15, 0.2) is 5.76 Å². The Morgan fingerprint density at radius 2 is 1.80 bits per heavy atom. The van der Waals surface area contributed by atoms with Crippen LogP contribution in [0.5, 0.6) is 0 Å². The summed E-state index contributed by atoms with van der Waals surface area (Å²) in [6, 6.07) is 5.38. The van der Waals surface area contributed by atoms with Gasteiger partial charge in [-0.25, -0.2) is 17.2 Å². The summed E-state index contributed by atoms with van der Waals surface area (Å²) in [4.78, 5) is 23.3. The van der Waals surface area contributed by atoms with Gasteiger partial charge in [-0.3, -0.25) is 9.59 Å². The van der Waals surface area contributed by atoms with E-state index in [1.165, 1.54) is 12.3 Å². The van der Waals surface area contributed by atoms with Crippen molar-refractivity contribution in [3.8, 4) is 0 Å². The minimum Gasteiger partial charge on any atom is -0.459 e. The van der Waals surface area contributed by atoms with E-state index in [1.807, 2.05) is 0 Å². The van der Waals surface area contributed by atoms with E-state index in [-0.39, 0.29) is 50.7 Å². The van der Waals surface area contributed by atoms with Crippen molar-refractivity contribution >= 4 is 21.8 Å². The monoisotopic (exact) mass is 441 g/mol. The van der Waals surface area contributed by atoms with E-state index in [2.05, 4.69) is 10.6 Å². The predicted octanol–water partition coefficient (Wildman–Crippen LogP) is 1.50. The number of hydrogen-bond acceptors (Lipinski definition) is 5. The molecule has 1 aliphatic heterocycles. The molecule has 162 valence electrons. The van der Waals surface area contributed by atoms with Crippen molar-refractivity contribution < 1.29 is 31.2 Å². The number of halogens is 2. The summed E-state index contributed by atoms with van der Waals surface area (Å²) >= 11 is 0. The van der Waals surface area contributed by atoms with Crippen LogP contribution in [0.4, 0.5) is 8.78 Å². The van der Waals surface area contributed by atoms with E-state index in [4.69, 9.17) is 4.42 Å². The Balaban J connectivity index is 1.46. The molecule has 0 atom stereocenters. The van der Waals surface area contributed by atoms with Gasteiger partial charge in [0.1, 0.15) is 16.5 Å². The minimum absolute atomic E-state index is 0.0194. The van der Waals surface area contributed by atoms with Gasteiger partial charge in [0, 0.05) is 32.1 Å². The van der Waals surface area contributed by atoms with E-state index in [1.54, 1.807) is 6.07 Å². The number of furan rings is 1. The molecular formula is C19H21F2N3O5S. The van der Waals surface area contributed by atoms with Gasteiger partial charge in [0.2, 0.25) is 15.9 Å². The summed E-state index contributed by atoms with van der Waals surface area (Å²) in [5.41, 5.74) is 0. The number of carbonyl (C=O) groups excluding carboxylic acids is 2.